The molecule has 5 nitrogen and oxygen atoms in total. The molecule has 0 bridgehead atoms. The number of hydrogen-bond acceptors (Lipinski definition) is 3. The topological polar surface area (TPSA) is 58.6 Å². The Morgan fingerprint density at radius 2 is 1.64 bits per heavy atom. The summed E-state index contributed by atoms with van der Waals surface area (Å²) >= 11 is 0. The molecule has 2 aromatic carbocycles. The van der Waals surface area contributed by atoms with E-state index in [1.54, 1.807) is 69.7 Å². The first-order valence-electron chi connectivity index (χ1n) is 6.79. The molecule has 0 aliphatic carbocycles. The van der Waals surface area contributed by atoms with Gasteiger partial charge in [-0.15, -0.1) is 0 Å². The van der Waals surface area contributed by atoms with Crippen molar-refractivity contribution in [1.29, 1.82) is 0 Å². The number of carbonyl (C=O) groups is 2. The lowest BCUT2D eigenvalue weighted by Crippen LogP contribution is -2.28. The summed E-state index contributed by atoms with van der Waals surface area (Å²) in [4.78, 5) is 25.8. The van der Waals surface area contributed by atoms with Crippen LogP contribution in [0.3, 0.4) is 0 Å². The van der Waals surface area contributed by atoms with Crippen molar-refractivity contribution in [3.63, 3.8) is 0 Å². The van der Waals surface area contributed by atoms with E-state index in [4.69, 9.17) is 4.74 Å². The van der Waals surface area contributed by atoms with Crippen LogP contribution < -0.4 is 10.1 Å². The van der Waals surface area contributed by atoms with E-state index in [0.717, 1.165) is 0 Å². The van der Waals surface area contributed by atoms with Gasteiger partial charge in [0.15, 0.2) is 5.78 Å². The van der Waals surface area contributed by atoms with Crippen LogP contribution in [0.15, 0.2) is 48.5 Å². The minimum Gasteiger partial charge on any atom is -0.497 e. The van der Waals surface area contributed by atoms with Gasteiger partial charge in [-0.3, -0.25) is 4.79 Å². The van der Waals surface area contributed by atoms with E-state index in [1.165, 1.54) is 4.90 Å². The van der Waals surface area contributed by atoms with Gasteiger partial charge in [0, 0.05) is 25.2 Å². The number of ketones is 1. The number of carbonyl (C=O) groups excluding carboxylic acids is 2. The van der Waals surface area contributed by atoms with E-state index in [0.29, 0.717) is 22.6 Å². The highest BCUT2D eigenvalue weighted by molar-refractivity contribution is 6.13. The van der Waals surface area contributed by atoms with Crippen molar-refractivity contribution in [3.05, 3.63) is 59.7 Å². The second-order valence-corrected chi connectivity index (χ2v) is 4.93. The van der Waals surface area contributed by atoms with Gasteiger partial charge in [0.25, 0.3) is 0 Å². The molecule has 0 saturated heterocycles. The number of para-hydroxylation sites is 1. The van der Waals surface area contributed by atoms with Crippen molar-refractivity contribution in [3.8, 4) is 5.75 Å². The van der Waals surface area contributed by atoms with Crippen LogP contribution in [0.5, 0.6) is 5.75 Å². The van der Waals surface area contributed by atoms with E-state index in [-0.39, 0.29) is 11.8 Å². The van der Waals surface area contributed by atoms with Gasteiger partial charge in [0.05, 0.1) is 12.8 Å². The number of methoxy groups -OCH3 is 1. The number of amides is 2. The van der Waals surface area contributed by atoms with Gasteiger partial charge in [-0.25, -0.2) is 4.79 Å². The molecule has 1 N–H and O–H groups in total. The van der Waals surface area contributed by atoms with Crippen LogP contribution >= 0.6 is 0 Å². The van der Waals surface area contributed by atoms with Crippen molar-refractivity contribution in [2.75, 3.05) is 26.5 Å². The fraction of sp³-hybridized carbons (Fsp3) is 0.176. The van der Waals surface area contributed by atoms with Gasteiger partial charge in [-0.2, -0.15) is 0 Å². The van der Waals surface area contributed by atoms with Crippen LogP contribution in [0.2, 0.25) is 0 Å². The van der Waals surface area contributed by atoms with Gasteiger partial charge in [0.2, 0.25) is 0 Å². The normalized spacial score (nSPS) is 9.95. The predicted octanol–water partition coefficient (Wildman–Crippen LogP) is 3.02. The molecule has 0 saturated carbocycles. The van der Waals surface area contributed by atoms with Crippen molar-refractivity contribution < 1.29 is 14.3 Å². The molecule has 0 fully saturated rings. The molecule has 2 rings (SSSR count). The summed E-state index contributed by atoms with van der Waals surface area (Å²) in [7, 11) is 4.86. The Balaban J connectivity index is 2.31. The summed E-state index contributed by atoms with van der Waals surface area (Å²) in [5, 5.41) is 2.72. The minimum atomic E-state index is -0.282. The van der Waals surface area contributed by atoms with E-state index >= 15 is 0 Å². The largest absolute Gasteiger partial charge is 0.497 e. The van der Waals surface area contributed by atoms with E-state index in [9.17, 15) is 9.59 Å². The molecule has 0 aliphatic rings. The van der Waals surface area contributed by atoms with Gasteiger partial charge >= 0.3 is 6.03 Å². The molecule has 114 valence electrons. The predicted molar refractivity (Wildman–Crippen MR) is 85.6 cm³/mol. The van der Waals surface area contributed by atoms with Crippen LogP contribution in [-0.4, -0.2) is 37.9 Å². The van der Waals surface area contributed by atoms with E-state index < -0.39 is 0 Å². The Bertz CT molecular complexity index is 679. The Morgan fingerprint density at radius 1 is 1.00 bits per heavy atom. The molecule has 2 amide bonds. The minimum absolute atomic E-state index is 0.155. The zero-order valence-electron chi connectivity index (χ0n) is 12.8. The smallest absolute Gasteiger partial charge is 0.321 e. The molecule has 0 atom stereocenters. The maximum atomic E-state index is 12.6. The molecule has 0 spiro atoms. The van der Waals surface area contributed by atoms with Crippen molar-refractivity contribution in [2.24, 2.45) is 0 Å². The maximum Gasteiger partial charge on any atom is 0.321 e. The monoisotopic (exact) mass is 298 g/mol. The Kier molecular flexibility index (Phi) is 4.78. The fourth-order valence-electron chi connectivity index (χ4n) is 1.92. The third-order valence-corrected chi connectivity index (χ3v) is 3.17. The molecule has 0 heterocycles. The third kappa shape index (κ3) is 3.44. The van der Waals surface area contributed by atoms with Crippen LogP contribution in [-0.2, 0) is 0 Å². The van der Waals surface area contributed by atoms with Crippen LogP contribution in [0.4, 0.5) is 10.5 Å². The number of ether oxygens (including phenoxy) is 1. The summed E-state index contributed by atoms with van der Waals surface area (Å²) in [6.07, 6.45) is 0. The molecule has 2 aromatic rings. The van der Waals surface area contributed by atoms with Crippen molar-refractivity contribution in [1.82, 2.24) is 4.90 Å². The first-order valence-corrected chi connectivity index (χ1v) is 6.79. The summed E-state index contributed by atoms with van der Waals surface area (Å²) in [6.45, 7) is 0. The lowest BCUT2D eigenvalue weighted by atomic mass is 10.0. The highest BCUT2D eigenvalue weighted by atomic mass is 16.5. The molecule has 0 aromatic heterocycles. The first kappa shape index (κ1) is 15.6. The quantitative estimate of drug-likeness (QED) is 0.883. The summed E-state index contributed by atoms with van der Waals surface area (Å²) in [6, 6.07) is 13.5. The number of nitrogens with one attached hydrogen (secondary N) is 1. The highest BCUT2D eigenvalue weighted by Gasteiger charge is 2.15. The van der Waals surface area contributed by atoms with Gasteiger partial charge < -0.3 is 15.0 Å². The standard InChI is InChI=1S/C17H18N2O3/c1-19(2)17(21)18-15-7-5-4-6-14(15)16(20)12-8-10-13(22-3)11-9-12/h4-11H,1-3H3,(H,18,21). The molecular formula is C17H18N2O3. The van der Waals surface area contributed by atoms with Gasteiger partial charge in [-0.05, 0) is 36.4 Å². The number of urea groups is 1. The molecular weight excluding hydrogens is 280 g/mol. The molecule has 22 heavy (non-hydrogen) atoms. The summed E-state index contributed by atoms with van der Waals surface area (Å²) in [5.41, 5.74) is 1.47. The van der Waals surface area contributed by atoms with Gasteiger partial charge in [0.1, 0.15) is 5.75 Å². The number of benzene rings is 2. The molecule has 0 aliphatic heterocycles. The Hall–Kier alpha value is -2.82. The molecule has 0 unspecified atom stereocenters. The van der Waals surface area contributed by atoms with Gasteiger partial charge in [-0.1, -0.05) is 12.1 Å². The summed E-state index contributed by atoms with van der Waals surface area (Å²) < 4.78 is 5.08. The number of rotatable bonds is 4. The van der Waals surface area contributed by atoms with Crippen LogP contribution in [0, 0.1) is 0 Å². The third-order valence-electron chi connectivity index (χ3n) is 3.17. The zero-order chi connectivity index (χ0) is 16.1. The Labute approximate surface area is 129 Å². The molecule has 5 heteroatoms. The average molecular weight is 298 g/mol. The number of anilines is 1. The SMILES string of the molecule is COc1ccc(C(=O)c2ccccc2NC(=O)N(C)C)cc1. The first-order chi connectivity index (χ1) is 10.5. The second kappa shape index (κ2) is 6.76. The van der Waals surface area contributed by atoms with Crippen LogP contribution in [0.25, 0.3) is 0 Å². The van der Waals surface area contributed by atoms with E-state index in [2.05, 4.69) is 5.32 Å². The van der Waals surface area contributed by atoms with Crippen LogP contribution in [0.1, 0.15) is 15.9 Å². The van der Waals surface area contributed by atoms with E-state index in [1.807, 2.05) is 0 Å². The maximum absolute atomic E-state index is 12.6. The molecule has 0 radical (unpaired) electrons. The lowest BCUT2D eigenvalue weighted by Gasteiger charge is -2.14. The Morgan fingerprint density at radius 3 is 2.23 bits per heavy atom. The average Bonchev–Trinajstić information content (AvgIpc) is 2.54. The highest BCUT2D eigenvalue weighted by Crippen LogP contribution is 2.21. The summed E-state index contributed by atoms with van der Waals surface area (Å²) in [5.74, 6) is 0.531. The van der Waals surface area contributed by atoms with Crippen molar-refractivity contribution >= 4 is 17.5 Å². The second-order valence-electron chi connectivity index (χ2n) is 4.93. The zero-order valence-corrected chi connectivity index (χ0v) is 12.8. The number of nitrogens with zero attached hydrogens (tertiary/aromatic N) is 1. The fourth-order valence-corrected chi connectivity index (χ4v) is 1.92. The van der Waals surface area contributed by atoms with Crippen molar-refractivity contribution in [2.45, 2.75) is 0 Å². The number of hydrogen-bond donors (Lipinski definition) is 1. The lowest BCUT2D eigenvalue weighted by molar-refractivity contribution is 0.103.